The Bertz CT molecular complexity index is 732. The first-order chi connectivity index (χ1) is 12.5. The molecule has 0 fully saturated rings. The molecule has 2 unspecified atom stereocenters. The number of carbonyl (C=O) groups is 1. The Kier molecular flexibility index (Phi) is 5.96. The van der Waals surface area contributed by atoms with E-state index >= 15 is 0 Å². The molecule has 2 aromatic rings. The van der Waals surface area contributed by atoms with Crippen LogP contribution < -0.4 is 10.6 Å². The van der Waals surface area contributed by atoms with Crippen molar-refractivity contribution >= 4 is 17.4 Å². The second kappa shape index (κ2) is 8.20. The molecule has 2 atom stereocenters. The highest BCUT2D eigenvalue weighted by Gasteiger charge is 2.34. The number of aliphatic hydroxyl groups is 1. The number of amides is 2. The third kappa shape index (κ3) is 4.26. The summed E-state index contributed by atoms with van der Waals surface area (Å²) in [6.07, 6.45) is 2.58. The van der Waals surface area contributed by atoms with Gasteiger partial charge in [0.15, 0.2) is 0 Å². The number of fused-ring (bicyclic) bond motifs is 1. The number of aryl methyl sites for hydroxylation is 1. The zero-order valence-electron chi connectivity index (χ0n) is 15.4. The maximum absolute atomic E-state index is 12.3. The van der Waals surface area contributed by atoms with E-state index in [0.29, 0.717) is 13.0 Å². The van der Waals surface area contributed by atoms with Crippen molar-refractivity contribution in [2.45, 2.75) is 30.9 Å². The van der Waals surface area contributed by atoms with Crippen LogP contribution in [0, 0.1) is 0 Å². The van der Waals surface area contributed by atoms with Crippen molar-refractivity contribution in [3.8, 4) is 0 Å². The molecule has 1 aliphatic rings. The number of hydrogen-bond donors (Lipinski definition) is 3. The number of hydrogen-bond acceptors (Lipinski definition) is 4. The number of carbonyl (C=O) groups excluding carboxylic acids is 1. The highest BCUT2D eigenvalue weighted by Crippen LogP contribution is 2.34. The monoisotopic (exact) mass is 373 g/mol. The number of benzene rings is 1. The molecule has 0 bridgehead atoms. The molecule has 0 saturated heterocycles. The third-order valence-corrected chi connectivity index (χ3v) is 5.81. The Labute approximate surface area is 159 Å². The van der Waals surface area contributed by atoms with Gasteiger partial charge in [0.05, 0.1) is 12.6 Å². The second-order valence-corrected chi connectivity index (χ2v) is 7.92. The lowest BCUT2D eigenvalue weighted by molar-refractivity contribution is 0.0216. The number of nitrogens with one attached hydrogen (secondary N) is 2. The normalized spacial score (nSPS) is 20.5. The number of likely N-dealkylation sites (N-methyl/N-ethyl adjacent to an activating group) is 1. The lowest BCUT2D eigenvalue weighted by atomic mass is 9.79. The van der Waals surface area contributed by atoms with Crippen LogP contribution >= 0.6 is 11.3 Å². The van der Waals surface area contributed by atoms with Crippen molar-refractivity contribution < 1.29 is 9.90 Å². The minimum atomic E-state index is -0.986. The molecule has 1 aliphatic carbocycles. The molecule has 1 aromatic heterocycles. The molecule has 6 heteroatoms. The van der Waals surface area contributed by atoms with E-state index in [4.69, 9.17) is 0 Å². The molecule has 26 heavy (non-hydrogen) atoms. The van der Waals surface area contributed by atoms with Crippen LogP contribution in [-0.4, -0.2) is 43.2 Å². The molecule has 1 heterocycles. The average Bonchev–Trinajstić information content (AvgIpc) is 3.15. The fourth-order valence-corrected chi connectivity index (χ4v) is 4.33. The van der Waals surface area contributed by atoms with Crippen LogP contribution in [0.3, 0.4) is 0 Å². The lowest BCUT2D eigenvalue weighted by Gasteiger charge is -2.34. The first-order valence-corrected chi connectivity index (χ1v) is 9.95. The quantitative estimate of drug-likeness (QED) is 0.730. The summed E-state index contributed by atoms with van der Waals surface area (Å²) in [5.74, 6) is 0. The zero-order chi connectivity index (χ0) is 18.6. The van der Waals surface area contributed by atoms with Gasteiger partial charge in [0, 0.05) is 6.54 Å². The molecule has 1 aromatic carbocycles. The van der Waals surface area contributed by atoms with E-state index in [9.17, 15) is 9.90 Å². The summed E-state index contributed by atoms with van der Waals surface area (Å²) in [7, 11) is 4.01. The first kappa shape index (κ1) is 18.9. The highest BCUT2D eigenvalue weighted by atomic mass is 32.1. The molecule has 0 aliphatic heterocycles. The third-order valence-electron chi connectivity index (χ3n) is 5.10. The van der Waals surface area contributed by atoms with Crippen molar-refractivity contribution in [3.05, 3.63) is 57.8 Å². The molecule has 0 saturated carbocycles. The Morgan fingerprint density at radius 3 is 2.85 bits per heavy atom. The van der Waals surface area contributed by atoms with Gasteiger partial charge in [-0.15, -0.1) is 0 Å². The van der Waals surface area contributed by atoms with Gasteiger partial charge in [-0.25, -0.2) is 4.79 Å². The van der Waals surface area contributed by atoms with Crippen LogP contribution in [0.15, 0.2) is 41.1 Å². The molecule has 140 valence electrons. The number of thiophene rings is 1. The van der Waals surface area contributed by atoms with Gasteiger partial charge < -0.3 is 20.6 Å². The largest absolute Gasteiger partial charge is 0.383 e. The van der Waals surface area contributed by atoms with E-state index in [1.165, 1.54) is 11.1 Å². The fraction of sp³-hybridized carbons (Fsp3) is 0.450. The number of urea groups is 1. The molecular formula is C20H27N3O2S. The van der Waals surface area contributed by atoms with Gasteiger partial charge in [-0.05, 0) is 66.9 Å². The van der Waals surface area contributed by atoms with Gasteiger partial charge in [-0.3, -0.25) is 0 Å². The Morgan fingerprint density at radius 1 is 1.31 bits per heavy atom. The molecular weight excluding hydrogens is 346 g/mol. The van der Waals surface area contributed by atoms with Gasteiger partial charge in [-0.1, -0.05) is 24.3 Å². The van der Waals surface area contributed by atoms with Crippen LogP contribution in [-0.2, 0) is 12.0 Å². The fourth-order valence-electron chi connectivity index (χ4n) is 3.62. The minimum Gasteiger partial charge on any atom is -0.383 e. The van der Waals surface area contributed by atoms with Crippen LogP contribution in [0.5, 0.6) is 0 Å². The van der Waals surface area contributed by atoms with E-state index in [1.807, 2.05) is 37.7 Å². The Balaban J connectivity index is 1.56. The van der Waals surface area contributed by atoms with Gasteiger partial charge in [0.25, 0.3) is 0 Å². The average molecular weight is 374 g/mol. The summed E-state index contributed by atoms with van der Waals surface area (Å²) in [6.45, 7) is 0.742. The zero-order valence-corrected chi connectivity index (χ0v) is 16.2. The summed E-state index contributed by atoms with van der Waals surface area (Å²) in [5.41, 5.74) is 2.32. The van der Waals surface area contributed by atoms with Gasteiger partial charge in [0.1, 0.15) is 5.60 Å². The summed E-state index contributed by atoms with van der Waals surface area (Å²) in [4.78, 5) is 14.4. The Morgan fingerprint density at radius 2 is 2.12 bits per heavy atom. The van der Waals surface area contributed by atoms with E-state index in [1.54, 1.807) is 11.3 Å². The SMILES string of the molecule is CN(C)C(CNC(=O)NCC1(O)CCCc2ccccc21)c1ccsc1. The number of rotatable bonds is 6. The summed E-state index contributed by atoms with van der Waals surface area (Å²) >= 11 is 1.65. The molecule has 2 amide bonds. The summed E-state index contributed by atoms with van der Waals surface area (Å²) in [6, 6.07) is 9.92. The van der Waals surface area contributed by atoms with Crippen LogP contribution in [0.1, 0.15) is 35.6 Å². The van der Waals surface area contributed by atoms with Gasteiger partial charge in [-0.2, -0.15) is 11.3 Å². The number of nitrogens with zero attached hydrogens (tertiary/aromatic N) is 1. The lowest BCUT2D eigenvalue weighted by Crippen LogP contribution is -2.47. The molecule has 3 rings (SSSR count). The van der Waals surface area contributed by atoms with Crippen molar-refractivity contribution in [3.63, 3.8) is 0 Å². The van der Waals surface area contributed by atoms with Crippen molar-refractivity contribution in [2.75, 3.05) is 27.2 Å². The Hall–Kier alpha value is -1.89. The van der Waals surface area contributed by atoms with E-state index in [0.717, 1.165) is 18.4 Å². The molecule has 0 spiro atoms. The molecule has 3 N–H and O–H groups in total. The van der Waals surface area contributed by atoms with E-state index in [-0.39, 0.29) is 18.6 Å². The van der Waals surface area contributed by atoms with Crippen LogP contribution in [0.2, 0.25) is 0 Å². The predicted octanol–water partition coefficient (Wildman–Crippen LogP) is 2.87. The first-order valence-electron chi connectivity index (χ1n) is 9.00. The van der Waals surface area contributed by atoms with Gasteiger partial charge in [0.2, 0.25) is 0 Å². The summed E-state index contributed by atoms with van der Waals surface area (Å²) < 4.78 is 0. The van der Waals surface area contributed by atoms with E-state index in [2.05, 4.69) is 33.0 Å². The standard InChI is InChI=1S/C20H27N3O2S/c1-23(2)18(16-9-11-26-13-16)12-21-19(24)22-14-20(25)10-5-7-15-6-3-4-8-17(15)20/h3-4,6,8-9,11,13,18,25H,5,7,10,12,14H2,1-2H3,(H2,21,22,24). The molecule has 5 nitrogen and oxygen atoms in total. The maximum Gasteiger partial charge on any atom is 0.314 e. The van der Waals surface area contributed by atoms with E-state index < -0.39 is 5.60 Å². The highest BCUT2D eigenvalue weighted by molar-refractivity contribution is 7.07. The topological polar surface area (TPSA) is 64.6 Å². The minimum absolute atomic E-state index is 0.130. The summed E-state index contributed by atoms with van der Waals surface area (Å²) in [5, 5.41) is 21.0. The van der Waals surface area contributed by atoms with Gasteiger partial charge >= 0.3 is 6.03 Å². The van der Waals surface area contributed by atoms with Crippen molar-refractivity contribution in [1.82, 2.24) is 15.5 Å². The smallest absolute Gasteiger partial charge is 0.314 e. The van der Waals surface area contributed by atoms with Crippen molar-refractivity contribution in [1.29, 1.82) is 0 Å². The predicted molar refractivity (Wildman–Crippen MR) is 105 cm³/mol. The van der Waals surface area contributed by atoms with Crippen LogP contribution in [0.25, 0.3) is 0 Å². The van der Waals surface area contributed by atoms with Crippen LogP contribution in [0.4, 0.5) is 4.79 Å². The maximum atomic E-state index is 12.3. The molecule has 0 radical (unpaired) electrons. The van der Waals surface area contributed by atoms with Crippen molar-refractivity contribution in [2.24, 2.45) is 0 Å². The second-order valence-electron chi connectivity index (χ2n) is 7.14.